The summed E-state index contributed by atoms with van der Waals surface area (Å²) in [6.45, 7) is 0. The predicted molar refractivity (Wildman–Crippen MR) is 103 cm³/mol. The van der Waals surface area contributed by atoms with Crippen molar-refractivity contribution in [1.82, 2.24) is 0 Å². The Kier molecular flexibility index (Phi) is 4.66. The zero-order chi connectivity index (χ0) is 17.6. The van der Waals surface area contributed by atoms with Crippen molar-refractivity contribution in [2.75, 3.05) is 0 Å². The first-order valence-electron chi connectivity index (χ1n) is 8.36. The van der Waals surface area contributed by atoms with Gasteiger partial charge in [-0.3, -0.25) is 0 Å². The van der Waals surface area contributed by atoms with Crippen LogP contribution in [0.1, 0.15) is 0 Å². The predicted octanol–water partition coefficient (Wildman–Crippen LogP) is 6.54. The summed E-state index contributed by atoms with van der Waals surface area (Å²) in [7, 11) is 0. The molecule has 0 amide bonds. The first-order chi connectivity index (χ1) is 12.9. The highest BCUT2D eigenvalue weighted by Gasteiger charge is 2.04. The van der Waals surface area contributed by atoms with E-state index in [0.29, 0.717) is 11.5 Å². The van der Waals surface area contributed by atoms with Gasteiger partial charge in [0.15, 0.2) is 0 Å². The highest BCUT2D eigenvalue weighted by Crippen LogP contribution is 2.30. The number of para-hydroxylation sites is 2. The second kappa shape index (κ2) is 7.58. The van der Waals surface area contributed by atoms with Crippen LogP contribution in [0.2, 0.25) is 0 Å². The summed E-state index contributed by atoms with van der Waals surface area (Å²) in [6, 6.07) is 37.3. The Morgan fingerprint density at radius 3 is 1.35 bits per heavy atom. The van der Waals surface area contributed by atoms with Gasteiger partial charge in [-0.2, -0.15) is 0 Å². The highest BCUT2D eigenvalue weighted by atomic mass is 16.5. The molecule has 4 aromatic carbocycles. The number of hydrogen-bond acceptors (Lipinski definition) is 2. The van der Waals surface area contributed by atoms with E-state index in [1.165, 1.54) is 0 Å². The van der Waals surface area contributed by atoms with Gasteiger partial charge in [0.2, 0.25) is 0 Å². The molecule has 0 atom stereocenters. The maximum atomic E-state index is 5.87. The Bertz CT molecular complexity index is 896. The SMILES string of the molecule is [c]1ccc(-c2cc[c]c(Oc3ccccc3)c2)cc1Oc1ccccc1. The number of hydrogen-bond donors (Lipinski definition) is 0. The monoisotopic (exact) mass is 336 g/mol. The van der Waals surface area contributed by atoms with Crippen molar-refractivity contribution in [1.29, 1.82) is 0 Å². The van der Waals surface area contributed by atoms with E-state index in [9.17, 15) is 0 Å². The van der Waals surface area contributed by atoms with Gasteiger partial charge >= 0.3 is 0 Å². The fourth-order valence-corrected chi connectivity index (χ4v) is 2.60. The Hall–Kier alpha value is -3.52. The molecule has 0 aliphatic carbocycles. The van der Waals surface area contributed by atoms with E-state index in [4.69, 9.17) is 9.47 Å². The van der Waals surface area contributed by atoms with Gasteiger partial charge in [0.25, 0.3) is 0 Å². The second-order valence-electron chi connectivity index (χ2n) is 5.71. The summed E-state index contributed by atoms with van der Waals surface area (Å²) in [6.07, 6.45) is 0. The first kappa shape index (κ1) is 16.0. The van der Waals surface area contributed by atoms with Crippen LogP contribution in [0.5, 0.6) is 23.0 Å². The van der Waals surface area contributed by atoms with E-state index in [1.54, 1.807) is 0 Å². The topological polar surface area (TPSA) is 18.5 Å². The Balaban J connectivity index is 1.57. The Labute approximate surface area is 153 Å². The molecule has 0 saturated heterocycles. The lowest BCUT2D eigenvalue weighted by Crippen LogP contribution is -1.87. The van der Waals surface area contributed by atoms with Crippen LogP contribution in [0.25, 0.3) is 11.1 Å². The van der Waals surface area contributed by atoms with Crippen molar-refractivity contribution in [3.05, 3.63) is 109 Å². The molecule has 0 N–H and O–H groups in total. The molecule has 4 rings (SSSR count). The van der Waals surface area contributed by atoms with Crippen LogP contribution in [-0.2, 0) is 0 Å². The average molecular weight is 336 g/mol. The molecule has 2 nitrogen and oxygen atoms in total. The third kappa shape index (κ3) is 3.93. The average Bonchev–Trinajstić information content (AvgIpc) is 2.70. The quantitative estimate of drug-likeness (QED) is 0.412. The lowest BCUT2D eigenvalue weighted by atomic mass is 10.1. The van der Waals surface area contributed by atoms with Crippen LogP contribution in [0.15, 0.2) is 97.1 Å². The van der Waals surface area contributed by atoms with Crippen LogP contribution in [-0.4, -0.2) is 0 Å². The van der Waals surface area contributed by atoms with Crippen molar-refractivity contribution in [2.24, 2.45) is 0 Å². The van der Waals surface area contributed by atoms with E-state index >= 15 is 0 Å². The lowest BCUT2D eigenvalue weighted by molar-refractivity contribution is 0.481. The van der Waals surface area contributed by atoms with Crippen LogP contribution in [0.3, 0.4) is 0 Å². The first-order valence-corrected chi connectivity index (χ1v) is 8.36. The summed E-state index contributed by atoms with van der Waals surface area (Å²) >= 11 is 0. The third-order valence-corrected chi connectivity index (χ3v) is 3.83. The van der Waals surface area contributed by atoms with Gasteiger partial charge in [0.05, 0.1) is 0 Å². The maximum Gasteiger partial charge on any atom is 0.136 e. The van der Waals surface area contributed by atoms with Crippen LogP contribution in [0.4, 0.5) is 0 Å². The van der Waals surface area contributed by atoms with E-state index in [-0.39, 0.29) is 0 Å². The molecular formula is C24H16O2. The molecule has 2 radical (unpaired) electrons. The molecule has 0 bridgehead atoms. The summed E-state index contributed by atoms with van der Waals surface area (Å²) in [4.78, 5) is 0. The van der Waals surface area contributed by atoms with Gasteiger partial charge in [-0.1, -0.05) is 48.5 Å². The molecule has 0 saturated carbocycles. The standard InChI is InChI=1S/C24H16O2/c1-3-11-21(12-4-1)25-23-15-7-9-19(17-23)20-10-8-16-24(18-20)26-22-13-5-2-6-14-22/h1-14,17-18H. The summed E-state index contributed by atoms with van der Waals surface area (Å²) in [5.41, 5.74) is 2.06. The lowest BCUT2D eigenvalue weighted by Gasteiger charge is -2.09. The Morgan fingerprint density at radius 2 is 0.923 bits per heavy atom. The normalized spacial score (nSPS) is 10.3. The Morgan fingerprint density at radius 1 is 0.500 bits per heavy atom. The van der Waals surface area contributed by atoms with Gasteiger partial charge in [-0.15, -0.1) is 0 Å². The fourth-order valence-electron chi connectivity index (χ4n) is 2.60. The molecule has 0 aliphatic heterocycles. The zero-order valence-corrected chi connectivity index (χ0v) is 14.1. The minimum absolute atomic E-state index is 0.673. The van der Waals surface area contributed by atoms with E-state index in [2.05, 4.69) is 12.1 Å². The molecular weight excluding hydrogens is 320 g/mol. The van der Waals surface area contributed by atoms with Crippen molar-refractivity contribution in [2.45, 2.75) is 0 Å². The van der Waals surface area contributed by atoms with Gasteiger partial charge in [0, 0.05) is 12.1 Å². The second-order valence-corrected chi connectivity index (χ2v) is 5.71. The highest BCUT2D eigenvalue weighted by molar-refractivity contribution is 5.66. The van der Waals surface area contributed by atoms with Crippen LogP contribution in [0, 0.1) is 12.1 Å². The van der Waals surface area contributed by atoms with Crippen molar-refractivity contribution in [3.63, 3.8) is 0 Å². The summed E-state index contributed by atoms with van der Waals surface area (Å²) in [5.74, 6) is 2.92. The molecule has 0 fully saturated rings. The van der Waals surface area contributed by atoms with Crippen LogP contribution >= 0.6 is 0 Å². The van der Waals surface area contributed by atoms with Gasteiger partial charge in [0.1, 0.15) is 23.0 Å². The molecule has 124 valence electrons. The van der Waals surface area contributed by atoms with Gasteiger partial charge < -0.3 is 9.47 Å². The number of benzene rings is 4. The smallest absolute Gasteiger partial charge is 0.136 e. The minimum Gasteiger partial charge on any atom is -0.457 e. The van der Waals surface area contributed by atoms with Gasteiger partial charge in [-0.05, 0) is 59.7 Å². The number of ether oxygens (including phenoxy) is 2. The van der Waals surface area contributed by atoms with E-state index < -0.39 is 0 Å². The molecule has 0 aliphatic rings. The molecule has 2 heteroatoms. The summed E-state index contributed by atoms with van der Waals surface area (Å²) in [5, 5.41) is 0. The molecule has 0 aromatic heterocycles. The van der Waals surface area contributed by atoms with Crippen LogP contribution < -0.4 is 9.47 Å². The molecule has 4 aromatic rings. The fraction of sp³-hybridized carbons (Fsp3) is 0. The van der Waals surface area contributed by atoms with Crippen molar-refractivity contribution in [3.8, 4) is 34.1 Å². The summed E-state index contributed by atoms with van der Waals surface area (Å²) < 4.78 is 11.7. The largest absolute Gasteiger partial charge is 0.457 e. The molecule has 0 unspecified atom stereocenters. The number of rotatable bonds is 5. The van der Waals surface area contributed by atoms with Gasteiger partial charge in [-0.25, -0.2) is 0 Å². The molecule has 26 heavy (non-hydrogen) atoms. The zero-order valence-electron chi connectivity index (χ0n) is 14.1. The maximum absolute atomic E-state index is 5.87. The van der Waals surface area contributed by atoms with E-state index in [1.807, 2.05) is 97.1 Å². The molecule has 0 heterocycles. The van der Waals surface area contributed by atoms with Crippen molar-refractivity contribution < 1.29 is 9.47 Å². The molecule has 0 spiro atoms. The minimum atomic E-state index is 0.673. The van der Waals surface area contributed by atoms with Crippen molar-refractivity contribution >= 4 is 0 Å². The van der Waals surface area contributed by atoms with E-state index in [0.717, 1.165) is 22.6 Å². The third-order valence-electron chi connectivity index (χ3n) is 3.83.